The van der Waals surface area contributed by atoms with Gasteiger partial charge >= 0.3 is 5.97 Å². The molecule has 1 aromatic carbocycles. The maximum atomic E-state index is 11.1. The van der Waals surface area contributed by atoms with E-state index >= 15 is 0 Å². The van der Waals surface area contributed by atoms with Gasteiger partial charge in [0.05, 0.1) is 12.0 Å². The van der Waals surface area contributed by atoms with Crippen molar-refractivity contribution in [3.63, 3.8) is 0 Å². The van der Waals surface area contributed by atoms with Gasteiger partial charge in [-0.15, -0.1) is 6.58 Å². The molecule has 3 nitrogen and oxygen atoms in total. The Balaban J connectivity index is 2.09. The third-order valence-electron chi connectivity index (χ3n) is 3.85. The molecule has 0 radical (unpaired) electrons. The van der Waals surface area contributed by atoms with E-state index in [4.69, 9.17) is 9.84 Å². The Morgan fingerprint density at radius 3 is 3.00 bits per heavy atom. The number of aliphatic carboxylic acids is 1. The molecule has 0 amide bonds. The summed E-state index contributed by atoms with van der Waals surface area (Å²) in [5.41, 5.74) is 2.32. The van der Waals surface area contributed by atoms with Gasteiger partial charge in [-0.1, -0.05) is 23.8 Å². The number of rotatable bonds is 5. The van der Waals surface area contributed by atoms with Crippen LogP contribution in [-0.4, -0.2) is 17.2 Å². The van der Waals surface area contributed by atoms with Crippen LogP contribution in [0.4, 0.5) is 0 Å². The quantitative estimate of drug-likeness (QED) is 0.832. The molecule has 1 aliphatic carbocycles. The average molecular weight is 274 g/mol. The van der Waals surface area contributed by atoms with Gasteiger partial charge in [-0.05, 0) is 50.7 Å². The number of ether oxygens (including phenoxy) is 1. The Labute approximate surface area is 120 Å². The zero-order valence-corrected chi connectivity index (χ0v) is 12.0. The topological polar surface area (TPSA) is 46.5 Å². The van der Waals surface area contributed by atoms with Crippen LogP contribution in [0.5, 0.6) is 5.75 Å². The summed E-state index contributed by atoms with van der Waals surface area (Å²) in [7, 11) is 0. The van der Waals surface area contributed by atoms with Crippen LogP contribution in [0.1, 0.15) is 36.8 Å². The summed E-state index contributed by atoms with van der Waals surface area (Å²) in [5, 5.41) is 9.13. The van der Waals surface area contributed by atoms with E-state index in [2.05, 4.69) is 19.6 Å². The minimum absolute atomic E-state index is 0.0103. The lowest BCUT2D eigenvalue weighted by atomic mass is 9.87. The summed E-state index contributed by atoms with van der Waals surface area (Å²) in [5.74, 6) is -0.0953. The minimum atomic E-state index is -0.700. The lowest BCUT2D eigenvalue weighted by Gasteiger charge is -2.28. The molecule has 0 aliphatic heterocycles. The van der Waals surface area contributed by atoms with Gasteiger partial charge in [0.25, 0.3) is 0 Å². The average Bonchev–Trinajstić information content (AvgIpc) is 2.42. The highest BCUT2D eigenvalue weighted by Gasteiger charge is 2.28. The molecular weight excluding hydrogens is 252 g/mol. The van der Waals surface area contributed by atoms with Gasteiger partial charge in [-0.25, -0.2) is 0 Å². The van der Waals surface area contributed by atoms with Gasteiger partial charge in [0.15, 0.2) is 0 Å². The minimum Gasteiger partial charge on any atom is -0.490 e. The normalized spacial score (nSPS) is 22.2. The smallest absolute Gasteiger partial charge is 0.306 e. The van der Waals surface area contributed by atoms with Crippen LogP contribution >= 0.6 is 0 Å². The van der Waals surface area contributed by atoms with E-state index in [1.54, 1.807) is 0 Å². The third kappa shape index (κ3) is 3.62. The van der Waals surface area contributed by atoms with E-state index in [9.17, 15) is 4.79 Å². The van der Waals surface area contributed by atoms with Crippen LogP contribution < -0.4 is 4.74 Å². The number of allylic oxidation sites excluding steroid dienone is 1. The highest BCUT2D eigenvalue weighted by Crippen LogP contribution is 2.30. The maximum Gasteiger partial charge on any atom is 0.306 e. The van der Waals surface area contributed by atoms with Crippen LogP contribution in [0, 0.1) is 12.8 Å². The Morgan fingerprint density at radius 2 is 2.30 bits per heavy atom. The lowest BCUT2D eigenvalue weighted by Crippen LogP contribution is -2.29. The summed E-state index contributed by atoms with van der Waals surface area (Å²) in [6.07, 6.45) is 5.87. The fraction of sp³-hybridized carbons (Fsp3) is 0.471. The van der Waals surface area contributed by atoms with Crippen molar-refractivity contribution >= 4 is 5.97 Å². The zero-order chi connectivity index (χ0) is 14.5. The molecule has 0 aromatic heterocycles. The highest BCUT2D eigenvalue weighted by molar-refractivity contribution is 5.70. The number of aryl methyl sites for hydroxylation is 1. The molecule has 1 aromatic rings. The predicted molar refractivity (Wildman–Crippen MR) is 79.1 cm³/mol. The summed E-state index contributed by atoms with van der Waals surface area (Å²) < 4.78 is 6.06. The maximum absolute atomic E-state index is 11.1. The summed E-state index contributed by atoms with van der Waals surface area (Å²) in [6.45, 7) is 5.83. The fourth-order valence-corrected chi connectivity index (χ4v) is 2.79. The van der Waals surface area contributed by atoms with Gasteiger partial charge < -0.3 is 9.84 Å². The molecule has 0 unspecified atom stereocenters. The Morgan fingerprint density at radius 1 is 1.50 bits per heavy atom. The van der Waals surface area contributed by atoms with Crippen LogP contribution in [-0.2, 0) is 11.2 Å². The second-order valence-electron chi connectivity index (χ2n) is 5.55. The molecule has 1 N–H and O–H groups in total. The van der Waals surface area contributed by atoms with Crippen LogP contribution in [0.25, 0.3) is 0 Å². The van der Waals surface area contributed by atoms with Gasteiger partial charge in [-0.2, -0.15) is 0 Å². The molecule has 0 bridgehead atoms. The number of carboxylic acid groups (broad SMARTS) is 1. The van der Waals surface area contributed by atoms with Gasteiger partial charge in [0, 0.05) is 0 Å². The van der Waals surface area contributed by atoms with Crippen LogP contribution in [0.15, 0.2) is 30.9 Å². The molecule has 1 fully saturated rings. The van der Waals surface area contributed by atoms with Crippen molar-refractivity contribution in [2.45, 2.75) is 45.1 Å². The standard InChI is InChI=1S/C17H22O3/c1-3-5-13-10-12(2)8-9-16(13)20-15-7-4-6-14(11-15)17(18)19/h3,8-10,14-15H,1,4-7,11H2,2H3,(H,18,19)/t14-,15-/m0/s1. The molecule has 1 aliphatic rings. The van der Waals surface area contributed by atoms with E-state index in [0.717, 1.165) is 37.0 Å². The molecule has 3 heteroatoms. The molecule has 108 valence electrons. The Kier molecular flexibility index (Phi) is 4.83. The first-order valence-electron chi connectivity index (χ1n) is 7.20. The van der Waals surface area contributed by atoms with Gasteiger partial charge in [-0.3, -0.25) is 4.79 Å². The van der Waals surface area contributed by atoms with Gasteiger partial charge in [0.1, 0.15) is 5.75 Å². The van der Waals surface area contributed by atoms with E-state index in [1.807, 2.05) is 18.2 Å². The lowest BCUT2D eigenvalue weighted by molar-refractivity contribution is -0.143. The van der Waals surface area contributed by atoms with Crippen molar-refractivity contribution < 1.29 is 14.6 Å². The molecular formula is C17H22O3. The molecule has 1 saturated carbocycles. The summed E-state index contributed by atoms with van der Waals surface area (Å²) >= 11 is 0. The SMILES string of the molecule is C=CCc1cc(C)ccc1O[C@H]1CCC[C@H](C(=O)O)C1. The number of hydrogen-bond acceptors (Lipinski definition) is 2. The molecule has 20 heavy (non-hydrogen) atoms. The first-order chi connectivity index (χ1) is 9.60. The zero-order valence-electron chi connectivity index (χ0n) is 12.0. The van der Waals surface area contributed by atoms with E-state index in [1.165, 1.54) is 5.56 Å². The summed E-state index contributed by atoms with van der Waals surface area (Å²) in [4.78, 5) is 11.1. The fourth-order valence-electron chi connectivity index (χ4n) is 2.79. The summed E-state index contributed by atoms with van der Waals surface area (Å²) in [6, 6.07) is 6.12. The van der Waals surface area contributed by atoms with Crippen molar-refractivity contribution in [3.05, 3.63) is 42.0 Å². The number of benzene rings is 1. The van der Waals surface area contributed by atoms with E-state index < -0.39 is 5.97 Å². The second-order valence-corrected chi connectivity index (χ2v) is 5.55. The third-order valence-corrected chi connectivity index (χ3v) is 3.85. The van der Waals surface area contributed by atoms with Gasteiger partial charge in [0.2, 0.25) is 0 Å². The number of carboxylic acids is 1. The van der Waals surface area contributed by atoms with Crippen LogP contribution in [0.3, 0.4) is 0 Å². The van der Waals surface area contributed by atoms with Crippen molar-refractivity contribution in [3.8, 4) is 5.75 Å². The second kappa shape index (κ2) is 6.60. The van der Waals surface area contributed by atoms with Crippen LogP contribution in [0.2, 0.25) is 0 Å². The first-order valence-corrected chi connectivity index (χ1v) is 7.20. The monoisotopic (exact) mass is 274 g/mol. The predicted octanol–water partition coefficient (Wildman–Crippen LogP) is 3.75. The molecule has 0 spiro atoms. The van der Waals surface area contributed by atoms with Crippen molar-refractivity contribution in [1.29, 1.82) is 0 Å². The van der Waals surface area contributed by atoms with Crippen molar-refractivity contribution in [1.82, 2.24) is 0 Å². The number of hydrogen-bond donors (Lipinski definition) is 1. The Hall–Kier alpha value is -1.77. The molecule has 0 heterocycles. The highest BCUT2D eigenvalue weighted by atomic mass is 16.5. The molecule has 0 saturated heterocycles. The molecule has 2 rings (SSSR count). The first kappa shape index (κ1) is 14.6. The Bertz CT molecular complexity index is 493. The van der Waals surface area contributed by atoms with Crippen molar-refractivity contribution in [2.75, 3.05) is 0 Å². The number of carbonyl (C=O) groups is 1. The van der Waals surface area contributed by atoms with E-state index in [0.29, 0.717) is 6.42 Å². The largest absolute Gasteiger partial charge is 0.490 e. The van der Waals surface area contributed by atoms with E-state index in [-0.39, 0.29) is 12.0 Å². The molecule has 2 atom stereocenters. The van der Waals surface area contributed by atoms with Crippen molar-refractivity contribution in [2.24, 2.45) is 5.92 Å².